The molecule has 4 heteroatoms. The molecule has 0 aromatic heterocycles. The molecule has 0 bridgehead atoms. The summed E-state index contributed by atoms with van der Waals surface area (Å²) >= 11 is 0. The Balaban J connectivity index is 1.89. The van der Waals surface area contributed by atoms with Crippen LogP contribution in [0.1, 0.15) is 29.5 Å². The Morgan fingerprint density at radius 3 is 2.62 bits per heavy atom. The summed E-state index contributed by atoms with van der Waals surface area (Å²) in [5.41, 5.74) is 3.51. The van der Waals surface area contributed by atoms with Crippen LogP contribution >= 0.6 is 0 Å². The zero-order valence-electron chi connectivity index (χ0n) is 13.6. The number of ether oxygens (including phenoxy) is 2. The topological polar surface area (TPSA) is 55.8 Å². The minimum Gasteiger partial charge on any atom is -0.493 e. The van der Waals surface area contributed by atoms with Crippen molar-refractivity contribution in [2.45, 2.75) is 25.9 Å². The molecule has 3 rings (SSSR count). The number of fused-ring (bicyclic) bond motifs is 1. The van der Waals surface area contributed by atoms with Crippen LogP contribution in [0, 0.1) is 0 Å². The summed E-state index contributed by atoms with van der Waals surface area (Å²) in [6, 6.07) is 13.8. The zero-order valence-corrected chi connectivity index (χ0v) is 13.6. The van der Waals surface area contributed by atoms with Crippen molar-refractivity contribution in [3.8, 4) is 11.5 Å². The van der Waals surface area contributed by atoms with Crippen LogP contribution in [-0.4, -0.2) is 18.2 Å². The van der Waals surface area contributed by atoms with Gasteiger partial charge in [0, 0.05) is 5.57 Å². The first-order valence-electron chi connectivity index (χ1n) is 7.99. The van der Waals surface area contributed by atoms with Gasteiger partial charge in [-0.15, -0.1) is 0 Å². The van der Waals surface area contributed by atoms with E-state index in [1.165, 1.54) is 0 Å². The fourth-order valence-corrected chi connectivity index (χ4v) is 2.87. The number of hydrogen-bond donors (Lipinski definition) is 1. The lowest BCUT2D eigenvalue weighted by atomic mass is 10.0. The summed E-state index contributed by atoms with van der Waals surface area (Å²) in [6.07, 6.45) is 3.96. The van der Waals surface area contributed by atoms with Crippen LogP contribution in [-0.2, 0) is 17.8 Å². The molecule has 2 aromatic carbocycles. The van der Waals surface area contributed by atoms with Crippen molar-refractivity contribution in [2.24, 2.45) is 0 Å². The first-order chi connectivity index (χ1) is 11.7. The van der Waals surface area contributed by atoms with E-state index in [1.807, 2.05) is 42.5 Å². The average Bonchev–Trinajstić information content (AvgIpc) is 2.81. The highest BCUT2D eigenvalue weighted by atomic mass is 16.5. The van der Waals surface area contributed by atoms with Crippen molar-refractivity contribution in [3.05, 3.63) is 64.7 Å². The van der Waals surface area contributed by atoms with Gasteiger partial charge in [-0.05, 0) is 54.2 Å². The van der Waals surface area contributed by atoms with Gasteiger partial charge in [0.1, 0.15) is 6.61 Å². The van der Waals surface area contributed by atoms with Crippen LogP contribution in [0.3, 0.4) is 0 Å². The molecule has 1 aliphatic carbocycles. The molecule has 1 N–H and O–H groups in total. The van der Waals surface area contributed by atoms with Crippen molar-refractivity contribution >= 4 is 12.0 Å². The smallest absolute Gasteiger partial charge is 0.331 e. The molecule has 0 amide bonds. The molecule has 124 valence electrons. The van der Waals surface area contributed by atoms with E-state index in [2.05, 4.69) is 0 Å². The second-order valence-corrected chi connectivity index (χ2v) is 5.80. The highest BCUT2D eigenvalue weighted by molar-refractivity contribution is 5.92. The molecule has 0 aliphatic heterocycles. The molecule has 2 aromatic rings. The van der Waals surface area contributed by atoms with Crippen LogP contribution in [0.25, 0.3) is 6.08 Å². The highest BCUT2D eigenvalue weighted by Gasteiger charge is 2.17. The Kier molecular flexibility index (Phi) is 4.85. The number of benzene rings is 2. The van der Waals surface area contributed by atoms with Gasteiger partial charge >= 0.3 is 5.97 Å². The first kappa shape index (κ1) is 16.1. The standard InChI is InChI=1S/C20H20O4/c1-23-18-12-17-10-16(20(21)22)9-5-8-15(17)11-19(18)24-13-14-6-3-2-4-7-14/h2-4,6-7,10-12H,5,8-9,13H2,1H3,(H,21,22). The summed E-state index contributed by atoms with van der Waals surface area (Å²) < 4.78 is 11.4. The van der Waals surface area contributed by atoms with Gasteiger partial charge in [-0.2, -0.15) is 0 Å². The Hall–Kier alpha value is -2.75. The van der Waals surface area contributed by atoms with Gasteiger partial charge in [-0.1, -0.05) is 30.3 Å². The summed E-state index contributed by atoms with van der Waals surface area (Å²) in [6.45, 7) is 0.464. The second kappa shape index (κ2) is 7.21. The van der Waals surface area contributed by atoms with E-state index in [0.29, 0.717) is 30.1 Å². The van der Waals surface area contributed by atoms with Gasteiger partial charge in [0.25, 0.3) is 0 Å². The molecule has 0 fully saturated rings. The molecule has 4 nitrogen and oxygen atoms in total. The Labute approximate surface area is 141 Å². The second-order valence-electron chi connectivity index (χ2n) is 5.80. The van der Waals surface area contributed by atoms with Crippen LogP contribution < -0.4 is 9.47 Å². The minimum atomic E-state index is -0.855. The first-order valence-corrected chi connectivity index (χ1v) is 7.99. The van der Waals surface area contributed by atoms with E-state index in [0.717, 1.165) is 29.5 Å². The predicted molar refractivity (Wildman–Crippen MR) is 92.3 cm³/mol. The quantitative estimate of drug-likeness (QED) is 0.900. The number of carboxylic acid groups (broad SMARTS) is 1. The van der Waals surface area contributed by atoms with E-state index in [9.17, 15) is 9.90 Å². The summed E-state index contributed by atoms with van der Waals surface area (Å²) in [5, 5.41) is 9.26. The number of carbonyl (C=O) groups is 1. The summed E-state index contributed by atoms with van der Waals surface area (Å²) in [4.78, 5) is 11.3. The maximum Gasteiger partial charge on any atom is 0.331 e. The van der Waals surface area contributed by atoms with Gasteiger partial charge in [0.2, 0.25) is 0 Å². The van der Waals surface area contributed by atoms with Gasteiger partial charge in [-0.3, -0.25) is 0 Å². The fraction of sp³-hybridized carbons (Fsp3) is 0.250. The van der Waals surface area contributed by atoms with Crippen molar-refractivity contribution in [2.75, 3.05) is 7.11 Å². The molecule has 1 aliphatic rings. The van der Waals surface area contributed by atoms with E-state index in [-0.39, 0.29) is 0 Å². The molecular weight excluding hydrogens is 304 g/mol. The summed E-state index contributed by atoms with van der Waals surface area (Å²) in [5.74, 6) is 0.450. The number of methoxy groups -OCH3 is 1. The molecule has 0 radical (unpaired) electrons. The molecule has 0 heterocycles. The van der Waals surface area contributed by atoms with E-state index < -0.39 is 5.97 Å². The molecule has 0 spiro atoms. The maximum absolute atomic E-state index is 11.3. The van der Waals surface area contributed by atoms with E-state index in [1.54, 1.807) is 13.2 Å². The van der Waals surface area contributed by atoms with Crippen molar-refractivity contribution in [3.63, 3.8) is 0 Å². The van der Waals surface area contributed by atoms with E-state index >= 15 is 0 Å². The van der Waals surface area contributed by atoms with Crippen LogP contribution in [0.2, 0.25) is 0 Å². The lowest BCUT2D eigenvalue weighted by Crippen LogP contribution is -2.00. The average molecular weight is 324 g/mol. The third kappa shape index (κ3) is 3.59. The normalized spacial score (nSPS) is 13.5. The van der Waals surface area contributed by atoms with Gasteiger partial charge in [0.05, 0.1) is 7.11 Å². The number of hydrogen-bond acceptors (Lipinski definition) is 3. The highest BCUT2D eigenvalue weighted by Crippen LogP contribution is 2.35. The number of carboxylic acids is 1. The number of aliphatic carboxylic acids is 1. The molecule has 0 atom stereocenters. The van der Waals surface area contributed by atoms with Crippen LogP contribution in [0.15, 0.2) is 48.0 Å². The molecule has 0 unspecified atom stereocenters. The Bertz CT molecular complexity index is 763. The fourth-order valence-electron chi connectivity index (χ4n) is 2.87. The largest absolute Gasteiger partial charge is 0.493 e. The SMILES string of the molecule is COc1cc2c(cc1OCc1ccccc1)CCCC(C(=O)O)=C2. The number of aryl methyl sites for hydroxylation is 1. The van der Waals surface area contributed by atoms with Gasteiger partial charge in [0.15, 0.2) is 11.5 Å². The van der Waals surface area contributed by atoms with Crippen molar-refractivity contribution in [1.29, 1.82) is 0 Å². The van der Waals surface area contributed by atoms with Gasteiger partial charge in [-0.25, -0.2) is 4.79 Å². The van der Waals surface area contributed by atoms with Crippen LogP contribution in [0.4, 0.5) is 0 Å². The van der Waals surface area contributed by atoms with E-state index in [4.69, 9.17) is 9.47 Å². The lowest BCUT2D eigenvalue weighted by molar-refractivity contribution is -0.132. The molecule has 0 saturated carbocycles. The summed E-state index contributed by atoms with van der Waals surface area (Å²) in [7, 11) is 1.59. The predicted octanol–water partition coefficient (Wildman–Crippen LogP) is 4.08. The lowest BCUT2D eigenvalue weighted by Gasteiger charge is -2.14. The molecule has 0 saturated heterocycles. The molecular formula is C20H20O4. The zero-order chi connectivity index (χ0) is 16.9. The Morgan fingerprint density at radius 1 is 1.12 bits per heavy atom. The Morgan fingerprint density at radius 2 is 1.92 bits per heavy atom. The number of rotatable bonds is 5. The minimum absolute atomic E-state index is 0.439. The van der Waals surface area contributed by atoms with Crippen molar-refractivity contribution in [1.82, 2.24) is 0 Å². The third-order valence-electron chi connectivity index (χ3n) is 4.16. The van der Waals surface area contributed by atoms with Crippen molar-refractivity contribution < 1.29 is 19.4 Å². The van der Waals surface area contributed by atoms with Gasteiger partial charge < -0.3 is 14.6 Å². The maximum atomic E-state index is 11.3. The third-order valence-corrected chi connectivity index (χ3v) is 4.16. The molecule has 24 heavy (non-hydrogen) atoms. The monoisotopic (exact) mass is 324 g/mol. The van der Waals surface area contributed by atoms with Crippen LogP contribution in [0.5, 0.6) is 11.5 Å².